The third kappa shape index (κ3) is 4.29. The highest BCUT2D eigenvalue weighted by Crippen LogP contribution is 2.45. The van der Waals surface area contributed by atoms with Crippen molar-refractivity contribution in [2.75, 3.05) is 26.7 Å². The lowest BCUT2D eigenvalue weighted by molar-refractivity contribution is -0.00251. The van der Waals surface area contributed by atoms with Crippen molar-refractivity contribution in [3.05, 3.63) is 28.2 Å². The molecule has 0 aromatic heterocycles. The molecule has 0 radical (unpaired) electrons. The molecule has 0 unspecified atom stereocenters. The van der Waals surface area contributed by atoms with Crippen LogP contribution in [0.15, 0.2) is 22.7 Å². The Morgan fingerprint density at radius 2 is 2.00 bits per heavy atom. The summed E-state index contributed by atoms with van der Waals surface area (Å²) in [5.41, 5.74) is 0.839. The van der Waals surface area contributed by atoms with Crippen LogP contribution in [0, 0.1) is 0 Å². The number of methoxy groups -OCH3 is 1. The minimum absolute atomic E-state index is 0.104. The van der Waals surface area contributed by atoms with Crippen LogP contribution in [0.25, 0.3) is 0 Å². The van der Waals surface area contributed by atoms with Gasteiger partial charge in [-0.15, -0.1) is 0 Å². The summed E-state index contributed by atoms with van der Waals surface area (Å²) in [4.78, 5) is 16.8. The molecule has 2 fully saturated rings. The van der Waals surface area contributed by atoms with E-state index in [9.17, 15) is 4.79 Å². The molecule has 1 amide bonds. The molecule has 25 heavy (non-hydrogen) atoms. The molecule has 0 atom stereocenters. The summed E-state index contributed by atoms with van der Waals surface area (Å²) < 4.78 is 12.1. The lowest BCUT2D eigenvalue weighted by Crippen LogP contribution is -2.56. The van der Waals surface area contributed by atoms with Crippen molar-refractivity contribution in [1.82, 2.24) is 9.80 Å². The molecule has 1 aromatic carbocycles. The van der Waals surface area contributed by atoms with E-state index in [1.54, 1.807) is 7.11 Å². The van der Waals surface area contributed by atoms with Crippen LogP contribution in [0.1, 0.15) is 39.2 Å². The first-order valence-corrected chi connectivity index (χ1v) is 9.57. The van der Waals surface area contributed by atoms with Gasteiger partial charge in [-0.2, -0.15) is 0 Å². The molecule has 0 bridgehead atoms. The van der Waals surface area contributed by atoms with Crippen LogP contribution in [-0.2, 0) is 11.3 Å². The number of amides is 1. The first kappa shape index (κ1) is 18.5. The van der Waals surface area contributed by atoms with Crippen LogP contribution in [0.2, 0.25) is 0 Å². The number of rotatable bonds is 3. The van der Waals surface area contributed by atoms with Crippen molar-refractivity contribution in [2.45, 2.75) is 51.3 Å². The molecule has 6 heteroatoms. The number of benzene rings is 1. The fraction of sp³-hybridized carbons (Fsp3) is 0.632. The molecule has 1 spiro atoms. The summed E-state index contributed by atoms with van der Waals surface area (Å²) in [6.07, 6.45) is 2.07. The number of halogens is 1. The summed E-state index contributed by atoms with van der Waals surface area (Å²) >= 11 is 3.49. The van der Waals surface area contributed by atoms with Gasteiger partial charge in [-0.3, -0.25) is 4.90 Å². The maximum absolute atomic E-state index is 12.4. The van der Waals surface area contributed by atoms with Crippen LogP contribution in [0.5, 0.6) is 5.75 Å². The predicted octanol–water partition coefficient (Wildman–Crippen LogP) is 4.04. The summed E-state index contributed by atoms with van der Waals surface area (Å²) in [5, 5.41) is 0. The lowest BCUT2D eigenvalue weighted by Gasteiger charge is -2.42. The summed E-state index contributed by atoms with van der Waals surface area (Å²) in [6.45, 7) is 8.89. The van der Waals surface area contributed by atoms with Gasteiger partial charge in [-0.1, -0.05) is 22.0 Å². The number of carbonyl (C=O) groups excluding carboxylic acids is 1. The van der Waals surface area contributed by atoms with Gasteiger partial charge in [-0.05, 0) is 45.7 Å². The summed E-state index contributed by atoms with van der Waals surface area (Å²) in [5.74, 6) is 0.903. The van der Waals surface area contributed by atoms with Crippen LogP contribution in [-0.4, -0.2) is 53.8 Å². The molecule has 0 N–H and O–H groups in total. The van der Waals surface area contributed by atoms with E-state index in [4.69, 9.17) is 9.47 Å². The molecule has 1 heterocycles. The van der Waals surface area contributed by atoms with E-state index in [-0.39, 0.29) is 11.6 Å². The number of piperazine rings is 1. The number of nitrogens with zero attached hydrogens (tertiary/aromatic N) is 2. The van der Waals surface area contributed by atoms with Gasteiger partial charge in [0, 0.05) is 41.8 Å². The van der Waals surface area contributed by atoms with Crippen LogP contribution in [0.4, 0.5) is 4.79 Å². The van der Waals surface area contributed by atoms with E-state index in [1.807, 2.05) is 37.8 Å². The van der Waals surface area contributed by atoms with Gasteiger partial charge < -0.3 is 14.4 Å². The Labute approximate surface area is 158 Å². The number of hydrogen-bond donors (Lipinski definition) is 0. The molecule has 1 aliphatic carbocycles. The van der Waals surface area contributed by atoms with Crippen molar-refractivity contribution in [3.8, 4) is 5.75 Å². The second kappa shape index (κ2) is 6.80. The topological polar surface area (TPSA) is 42.0 Å². The van der Waals surface area contributed by atoms with E-state index < -0.39 is 5.60 Å². The zero-order chi connectivity index (χ0) is 18.2. The Balaban J connectivity index is 1.68. The second-order valence-electron chi connectivity index (χ2n) is 8.00. The van der Waals surface area contributed by atoms with Crippen LogP contribution >= 0.6 is 15.9 Å². The normalized spacial score (nSPS) is 19.8. The fourth-order valence-corrected chi connectivity index (χ4v) is 3.76. The van der Waals surface area contributed by atoms with E-state index in [0.717, 1.165) is 42.7 Å². The molecule has 1 saturated heterocycles. The van der Waals surface area contributed by atoms with E-state index in [2.05, 4.69) is 26.9 Å². The zero-order valence-electron chi connectivity index (χ0n) is 15.5. The standard InChI is InChI=1S/C19H27BrN2O3/c1-18(2,3)25-17(23)21-9-10-22(19(13-21)7-8-19)12-14-5-6-15(20)11-16(14)24-4/h5-6,11H,7-10,12-13H2,1-4H3. The Morgan fingerprint density at radius 3 is 2.60 bits per heavy atom. The SMILES string of the molecule is COc1cc(Br)ccc1CN1CCN(C(=O)OC(C)(C)C)CC12CC2. The van der Waals surface area contributed by atoms with E-state index in [0.29, 0.717) is 6.54 Å². The van der Waals surface area contributed by atoms with Gasteiger partial charge in [0.25, 0.3) is 0 Å². The maximum atomic E-state index is 12.4. The number of hydrogen-bond acceptors (Lipinski definition) is 4. The third-order valence-electron chi connectivity index (χ3n) is 4.89. The highest BCUT2D eigenvalue weighted by molar-refractivity contribution is 9.10. The Morgan fingerprint density at radius 1 is 1.28 bits per heavy atom. The minimum Gasteiger partial charge on any atom is -0.496 e. The van der Waals surface area contributed by atoms with Crippen LogP contribution < -0.4 is 4.74 Å². The predicted molar refractivity (Wildman–Crippen MR) is 101 cm³/mol. The van der Waals surface area contributed by atoms with Gasteiger partial charge >= 0.3 is 6.09 Å². The van der Waals surface area contributed by atoms with Crippen LogP contribution in [0.3, 0.4) is 0 Å². The molecular weight excluding hydrogens is 384 g/mol. The average Bonchev–Trinajstić information content (AvgIpc) is 3.29. The molecular formula is C19H27BrN2O3. The number of carbonyl (C=O) groups is 1. The minimum atomic E-state index is -0.449. The monoisotopic (exact) mass is 410 g/mol. The maximum Gasteiger partial charge on any atom is 0.410 e. The molecule has 1 saturated carbocycles. The van der Waals surface area contributed by atoms with Gasteiger partial charge in [0.15, 0.2) is 0 Å². The summed E-state index contributed by atoms with van der Waals surface area (Å²) in [6, 6.07) is 6.17. The van der Waals surface area contributed by atoms with E-state index in [1.165, 1.54) is 5.56 Å². The van der Waals surface area contributed by atoms with Gasteiger partial charge in [0.2, 0.25) is 0 Å². The quantitative estimate of drug-likeness (QED) is 0.753. The molecule has 5 nitrogen and oxygen atoms in total. The smallest absolute Gasteiger partial charge is 0.410 e. The third-order valence-corrected chi connectivity index (χ3v) is 5.38. The van der Waals surface area contributed by atoms with Crippen molar-refractivity contribution in [1.29, 1.82) is 0 Å². The molecule has 138 valence electrons. The molecule has 3 rings (SSSR count). The average molecular weight is 411 g/mol. The molecule has 1 aromatic rings. The lowest BCUT2D eigenvalue weighted by atomic mass is 10.1. The number of ether oxygens (including phenoxy) is 2. The van der Waals surface area contributed by atoms with Crippen molar-refractivity contribution in [3.63, 3.8) is 0 Å². The Bertz CT molecular complexity index is 653. The first-order chi connectivity index (χ1) is 11.7. The Hall–Kier alpha value is -1.27. The van der Waals surface area contributed by atoms with Gasteiger partial charge in [-0.25, -0.2) is 4.79 Å². The largest absolute Gasteiger partial charge is 0.496 e. The van der Waals surface area contributed by atoms with Crippen molar-refractivity contribution >= 4 is 22.0 Å². The highest BCUT2D eigenvalue weighted by Gasteiger charge is 2.52. The fourth-order valence-electron chi connectivity index (χ4n) is 3.42. The molecule has 1 aliphatic heterocycles. The summed E-state index contributed by atoms with van der Waals surface area (Å²) in [7, 11) is 1.71. The highest BCUT2D eigenvalue weighted by atomic mass is 79.9. The van der Waals surface area contributed by atoms with Crippen molar-refractivity contribution < 1.29 is 14.3 Å². The van der Waals surface area contributed by atoms with Crippen molar-refractivity contribution in [2.24, 2.45) is 0 Å². The van der Waals surface area contributed by atoms with E-state index >= 15 is 0 Å². The van der Waals surface area contributed by atoms with Gasteiger partial charge in [0.05, 0.1) is 7.11 Å². The van der Waals surface area contributed by atoms with Gasteiger partial charge in [0.1, 0.15) is 11.4 Å². The molecule has 2 aliphatic rings. The zero-order valence-corrected chi connectivity index (χ0v) is 17.1. The second-order valence-corrected chi connectivity index (χ2v) is 8.92. The first-order valence-electron chi connectivity index (χ1n) is 8.78. The Kier molecular flexibility index (Phi) is 5.04.